The number of allylic oxidation sites excluding steroid dienone is 6. The lowest BCUT2D eigenvalue weighted by atomic mass is 10.1. The van der Waals surface area contributed by atoms with Crippen molar-refractivity contribution in [3.05, 3.63) is 48.6 Å². The Balaban J connectivity index is 3.75. The predicted molar refractivity (Wildman–Crippen MR) is 96.2 cm³/mol. The van der Waals surface area contributed by atoms with Gasteiger partial charge in [0.15, 0.2) is 0 Å². The lowest BCUT2D eigenvalue weighted by molar-refractivity contribution is -0.305. The van der Waals surface area contributed by atoms with E-state index in [-0.39, 0.29) is 12.5 Å². The Kier molecular flexibility index (Phi) is 15.1. The van der Waals surface area contributed by atoms with Gasteiger partial charge < -0.3 is 20.1 Å². The number of hydrogen-bond donors (Lipinski definition) is 2. The van der Waals surface area contributed by atoms with Gasteiger partial charge in [0.25, 0.3) is 0 Å². The largest absolute Gasteiger partial charge is 0.550 e. The topological polar surface area (TPSA) is 80.6 Å². The first kappa shape index (κ1) is 22.4. The molecule has 0 spiro atoms. The molecular weight excluding hydrogens is 304 g/mol. The molecule has 136 valence electrons. The Morgan fingerprint density at radius 3 is 1.96 bits per heavy atom. The predicted octanol–water partition coefficient (Wildman–Crippen LogP) is 2.82. The Bertz CT molecular complexity index is 421. The molecule has 0 amide bonds. The quantitative estimate of drug-likeness (QED) is 0.378. The van der Waals surface area contributed by atoms with Crippen LogP contribution in [0.4, 0.5) is 0 Å². The smallest absolute Gasteiger partial charge is 0.0724 e. The van der Waals surface area contributed by atoms with Crippen LogP contribution in [0.5, 0.6) is 0 Å². The van der Waals surface area contributed by atoms with Crippen LogP contribution in [0, 0.1) is 0 Å². The van der Waals surface area contributed by atoms with Gasteiger partial charge in [-0.05, 0) is 32.1 Å². The maximum atomic E-state index is 10.2. The Labute approximate surface area is 145 Å². The summed E-state index contributed by atoms with van der Waals surface area (Å²) in [6, 6.07) is 0. The van der Waals surface area contributed by atoms with E-state index in [0.717, 1.165) is 32.1 Å². The zero-order valence-electron chi connectivity index (χ0n) is 14.6. The molecule has 0 bridgehead atoms. The molecule has 0 aliphatic carbocycles. The van der Waals surface area contributed by atoms with Crippen molar-refractivity contribution in [3.8, 4) is 0 Å². The van der Waals surface area contributed by atoms with Gasteiger partial charge >= 0.3 is 0 Å². The monoisotopic (exact) mass is 335 g/mol. The van der Waals surface area contributed by atoms with Crippen LogP contribution in [0.15, 0.2) is 48.6 Å². The van der Waals surface area contributed by atoms with Crippen molar-refractivity contribution in [2.24, 2.45) is 0 Å². The highest BCUT2D eigenvalue weighted by Crippen LogP contribution is 2.04. The van der Waals surface area contributed by atoms with Crippen molar-refractivity contribution in [2.75, 3.05) is 0 Å². The Morgan fingerprint density at radius 2 is 1.46 bits per heavy atom. The van der Waals surface area contributed by atoms with Crippen LogP contribution in [0.1, 0.15) is 58.3 Å². The molecule has 0 radical (unpaired) electrons. The Hall–Kier alpha value is -1.65. The molecule has 0 unspecified atom stereocenters. The lowest BCUT2D eigenvalue weighted by Crippen LogP contribution is -2.22. The van der Waals surface area contributed by atoms with E-state index in [9.17, 15) is 20.1 Å². The minimum absolute atomic E-state index is 0.0215. The molecule has 2 N–H and O–H groups in total. The molecule has 0 aromatic rings. The fourth-order valence-electron chi connectivity index (χ4n) is 2.03. The molecule has 0 aromatic heterocycles. The third-order valence-corrected chi connectivity index (χ3v) is 3.42. The zero-order valence-corrected chi connectivity index (χ0v) is 14.6. The third-order valence-electron chi connectivity index (χ3n) is 3.42. The molecule has 0 fully saturated rings. The molecule has 2 atom stereocenters. The average molecular weight is 335 g/mol. The summed E-state index contributed by atoms with van der Waals surface area (Å²) in [5, 5.41) is 29.5. The number of rotatable bonds is 14. The number of hydrogen-bond acceptors (Lipinski definition) is 4. The van der Waals surface area contributed by atoms with Crippen LogP contribution < -0.4 is 5.11 Å². The summed E-state index contributed by atoms with van der Waals surface area (Å²) < 4.78 is 0. The molecule has 0 saturated carbocycles. The standard InChI is InChI=1S/C20H32O4/c1-2-3-9-13-18(21)14-10-7-5-4-6-8-11-15-19(22)16-12-17-20(23)24/h5-8,10-11,14-15,18-19,21-22H,2-4,9,12-13,16-17H2,1H3,(H,23,24)/p-1/b7-5-,8-6-,14-10+,15-11+/t18-,19+/m0/s1. The van der Waals surface area contributed by atoms with Crippen LogP contribution in [0.3, 0.4) is 0 Å². The van der Waals surface area contributed by atoms with Crippen molar-refractivity contribution in [3.63, 3.8) is 0 Å². The third kappa shape index (κ3) is 16.7. The van der Waals surface area contributed by atoms with Crippen LogP contribution >= 0.6 is 0 Å². The molecule has 4 nitrogen and oxygen atoms in total. The zero-order chi connectivity index (χ0) is 18.0. The highest BCUT2D eigenvalue weighted by molar-refractivity contribution is 5.64. The highest BCUT2D eigenvalue weighted by atomic mass is 16.4. The van der Waals surface area contributed by atoms with Crippen LogP contribution in [0.2, 0.25) is 0 Å². The van der Waals surface area contributed by atoms with E-state index in [1.807, 2.05) is 30.4 Å². The number of unbranched alkanes of at least 4 members (excludes halogenated alkanes) is 2. The molecule has 0 saturated heterocycles. The van der Waals surface area contributed by atoms with Crippen molar-refractivity contribution in [1.82, 2.24) is 0 Å². The summed E-state index contributed by atoms with van der Waals surface area (Å²) in [5.74, 6) is -1.08. The molecule has 0 aliphatic heterocycles. The van der Waals surface area contributed by atoms with Crippen molar-refractivity contribution < 1.29 is 20.1 Å². The number of carbonyl (C=O) groups is 1. The minimum Gasteiger partial charge on any atom is -0.550 e. The number of carboxylic acid groups (broad SMARTS) is 1. The van der Waals surface area contributed by atoms with E-state index in [4.69, 9.17) is 0 Å². The first-order chi connectivity index (χ1) is 11.6. The first-order valence-corrected chi connectivity index (χ1v) is 8.78. The molecule has 0 rings (SSSR count). The normalized spacial score (nSPS) is 15.1. The molecule has 0 aliphatic rings. The summed E-state index contributed by atoms with van der Waals surface area (Å²) in [7, 11) is 0. The maximum Gasteiger partial charge on any atom is 0.0724 e. The highest BCUT2D eigenvalue weighted by Gasteiger charge is 1.98. The minimum atomic E-state index is -1.08. The second-order valence-electron chi connectivity index (χ2n) is 5.76. The summed E-state index contributed by atoms with van der Waals surface area (Å²) in [6.45, 7) is 2.14. The number of carbonyl (C=O) groups excluding carboxylic acids is 1. The number of aliphatic hydroxyl groups is 2. The van der Waals surface area contributed by atoms with Crippen molar-refractivity contribution in [2.45, 2.75) is 70.5 Å². The van der Waals surface area contributed by atoms with Gasteiger partial charge in [-0.3, -0.25) is 0 Å². The average Bonchev–Trinajstić information content (AvgIpc) is 2.53. The summed E-state index contributed by atoms with van der Waals surface area (Å²) in [4.78, 5) is 10.2. The SMILES string of the molecule is CCCCC[C@H](O)/C=C/C=C\C/C=C\C=C\[C@@H](O)CCCC(=O)[O-]. The first-order valence-electron chi connectivity index (χ1n) is 8.78. The number of carboxylic acids is 1. The van der Waals surface area contributed by atoms with Gasteiger partial charge in [-0.1, -0.05) is 74.8 Å². The van der Waals surface area contributed by atoms with E-state index in [0.29, 0.717) is 12.8 Å². The number of aliphatic carboxylic acids is 1. The van der Waals surface area contributed by atoms with Gasteiger partial charge in [0, 0.05) is 5.97 Å². The fraction of sp³-hybridized carbons (Fsp3) is 0.550. The van der Waals surface area contributed by atoms with Gasteiger partial charge in [0.1, 0.15) is 0 Å². The molecule has 24 heavy (non-hydrogen) atoms. The summed E-state index contributed by atoms with van der Waals surface area (Å²) >= 11 is 0. The van der Waals surface area contributed by atoms with Crippen molar-refractivity contribution in [1.29, 1.82) is 0 Å². The van der Waals surface area contributed by atoms with Gasteiger partial charge in [0.05, 0.1) is 12.2 Å². The molecule has 4 heteroatoms. The van der Waals surface area contributed by atoms with Crippen LogP contribution in [0.25, 0.3) is 0 Å². The maximum absolute atomic E-state index is 10.2. The van der Waals surface area contributed by atoms with Gasteiger partial charge in [-0.2, -0.15) is 0 Å². The van der Waals surface area contributed by atoms with Crippen molar-refractivity contribution >= 4 is 5.97 Å². The summed E-state index contributed by atoms with van der Waals surface area (Å²) in [5.41, 5.74) is 0. The van der Waals surface area contributed by atoms with Gasteiger partial charge in [0.2, 0.25) is 0 Å². The van der Waals surface area contributed by atoms with Gasteiger partial charge in [-0.25, -0.2) is 0 Å². The molecule has 0 aromatic carbocycles. The van der Waals surface area contributed by atoms with E-state index >= 15 is 0 Å². The summed E-state index contributed by atoms with van der Waals surface area (Å²) in [6.07, 6.45) is 19.5. The van der Waals surface area contributed by atoms with E-state index in [1.54, 1.807) is 18.2 Å². The van der Waals surface area contributed by atoms with E-state index < -0.39 is 12.1 Å². The fourth-order valence-corrected chi connectivity index (χ4v) is 2.03. The molecular formula is C20H31O4-. The second-order valence-corrected chi connectivity index (χ2v) is 5.76. The number of aliphatic hydroxyl groups excluding tert-OH is 2. The second kappa shape index (κ2) is 16.2. The Morgan fingerprint density at radius 1 is 0.917 bits per heavy atom. The molecule has 0 heterocycles. The van der Waals surface area contributed by atoms with Crippen LogP contribution in [-0.2, 0) is 4.79 Å². The van der Waals surface area contributed by atoms with E-state index in [2.05, 4.69) is 6.92 Å². The van der Waals surface area contributed by atoms with Gasteiger partial charge in [-0.15, -0.1) is 0 Å². The van der Waals surface area contributed by atoms with E-state index in [1.165, 1.54) is 0 Å². The lowest BCUT2D eigenvalue weighted by Gasteiger charge is -2.04. The van der Waals surface area contributed by atoms with Crippen LogP contribution in [-0.4, -0.2) is 28.4 Å².